The standard InChI is InChI=1S/C15H29NO3/c1-7-15(8-2,13(18)19)10-16-12(17)9-11(3)14(4,5)6/h11H,7-10H2,1-6H3,(H,16,17)(H,18,19). The first-order valence-corrected chi connectivity index (χ1v) is 7.09. The molecule has 0 saturated heterocycles. The summed E-state index contributed by atoms with van der Waals surface area (Å²) in [7, 11) is 0. The van der Waals surface area contributed by atoms with E-state index in [1.807, 2.05) is 20.8 Å². The van der Waals surface area contributed by atoms with Crippen LogP contribution in [0.3, 0.4) is 0 Å². The normalized spacial score (nSPS) is 14.0. The van der Waals surface area contributed by atoms with Gasteiger partial charge in [0.2, 0.25) is 5.91 Å². The minimum Gasteiger partial charge on any atom is -0.481 e. The maximum absolute atomic E-state index is 11.9. The molecule has 0 aliphatic rings. The summed E-state index contributed by atoms with van der Waals surface area (Å²) in [5.41, 5.74) is -0.753. The molecule has 0 saturated carbocycles. The average Bonchev–Trinajstić information content (AvgIpc) is 2.29. The molecule has 0 rings (SSSR count). The fourth-order valence-corrected chi connectivity index (χ4v) is 1.80. The number of nitrogens with one attached hydrogen (secondary N) is 1. The van der Waals surface area contributed by atoms with Gasteiger partial charge in [-0.2, -0.15) is 0 Å². The van der Waals surface area contributed by atoms with Crippen molar-refractivity contribution in [3.63, 3.8) is 0 Å². The predicted octanol–water partition coefficient (Wildman–Crippen LogP) is 3.07. The Balaban J connectivity index is 4.47. The van der Waals surface area contributed by atoms with Gasteiger partial charge < -0.3 is 10.4 Å². The number of hydrogen-bond donors (Lipinski definition) is 2. The molecule has 1 atom stereocenters. The molecule has 0 aliphatic carbocycles. The number of hydrogen-bond acceptors (Lipinski definition) is 2. The van der Waals surface area contributed by atoms with Gasteiger partial charge in [-0.25, -0.2) is 0 Å². The molecule has 4 heteroatoms. The zero-order valence-electron chi connectivity index (χ0n) is 13.2. The predicted molar refractivity (Wildman–Crippen MR) is 76.9 cm³/mol. The van der Waals surface area contributed by atoms with Crippen LogP contribution in [0.2, 0.25) is 0 Å². The minimum absolute atomic E-state index is 0.0602. The smallest absolute Gasteiger partial charge is 0.311 e. The Morgan fingerprint density at radius 3 is 1.95 bits per heavy atom. The molecular formula is C15H29NO3. The lowest BCUT2D eigenvalue weighted by molar-refractivity contribution is -0.149. The molecule has 0 bridgehead atoms. The third-order valence-corrected chi connectivity index (χ3v) is 4.40. The number of rotatable bonds is 7. The van der Waals surface area contributed by atoms with E-state index in [-0.39, 0.29) is 23.8 Å². The van der Waals surface area contributed by atoms with E-state index in [1.165, 1.54) is 0 Å². The van der Waals surface area contributed by atoms with Crippen molar-refractivity contribution in [3.05, 3.63) is 0 Å². The Morgan fingerprint density at radius 1 is 1.16 bits per heavy atom. The van der Waals surface area contributed by atoms with Crippen LogP contribution in [0.15, 0.2) is 0 Å². The average molecular weight is 271 g/mol. The van der Waals surface area contributed by atoms with Gasteiger partial charge in [0.25, 0.3) is 0 Å². The lowest BCUT2D eigenvalue weighted by atomic mass is 9.79. The number of carbonyl (C=O) groups excluding carboxylic acids is 1. The van der Waals surface area contributed by atoms with E-state index < -0.39 is 11.4 Å². The van der Waals surface area contributed by atoms with E-state index in [0.717, 1.165) is 0 Å². The van der Waals surface area contributed by atoms with E-state index in [2.05, 4.69) is 26.1 Å². The Labute approximate surface area is 117 Å². The highest BCUT2D eigenvalue weighted by molar-refractivity contribution is 5.79. The van der Waals surface area contributed by atoms with E-state index in [1.54, 1.807) is 0 Å². The molecule has 0 spiro atoms. The quantitative estimate of drug-likeness (QED) is 0.748. The Kier molecular flexibility index (Phi) is 6.53. The molecule has 1 unspecified atom stereocenters. The first kappa shape index (κ1) is 17.9. The summed E-state index contributed by atoms with van der Waals surface area (Å²) in [6, 6.07) is 0. The summed E-state index contributed by atoms with van der Waals surface area (Å²) in [4.78, 5) is 23.2. The van der Waals surface area contributed by atoms with Gasteiger partial charge in [-0.1, -0.05) is 41.5 Å². The van der Waals surface area contributed by atoms with Crippen LogP contribution in [-0.2, 0) is 9.59 Å². The molecule has 0 fully saturated rings. The third-order valence-electron chi connectivity index (χ3n) is 4.40. The van der Waals surface area contributed by atoms with Gasteiger partial charge in [-0.3, -0.25) is 9.59 Å². The molecule has 0 heterocycles. The molecule has 112 valence electrons. The summed E-state index contributed by atoms with van der Waals surface area (Å²) >= 11 is 0. The van der Waals surface area contributed by atoms with Crippen LogP contribution in [-0.4, -0.2) is 23.5 Å². The van der Waals surface area contributed by atoms with Gasteiger partial charge in [0.15, 0.2) is 0 Å². The first-order chi connectivity index (χ1) is 8.59. The van der Waals surface area contributed by atoms with Crippen molar-refractivity contribution < 1.29 is 14.7 Å². The maximum Gasteiger partial charge on any atom is 0.311 e. The highest BCUT2D eigenvalue weighted by Gasteiger charge is 2.35. The maximum atomic E-state index is 11.9. The Bertz CT molecular complexity index is 314. The van der Waals surface area contributed by atoms with Crippen molar-refractivity contribution >= 4 is 11.9 Å². The molecular weight excluding hydrogens is 242 g/mol. The number of carboxylic acid groups (broad SMARTS) is 1. The number of carbonyl (C=O) groups is 2. The fourth-order valence-electron chi connectivity index (χ4n) is 1.80. The molecule has 1 amide bonds. The van der Waals surface area contributed by atoms with Crippen LogP contribution in [0.25, 0.3) is 0 Å². The number of amides is 1. The molecule has 0 aliphatic heterocycles. The van der Waals surface area contributed by atoms with E-state index in [0.29, 0.717) is 19.3 Å². The first-order valence-electron chi connectivity index (χ1n) is 7.09. The lowest BCUT2D eigenvalue weighted by Gasteiger charge is -2.29. The molecule has 2 N–H and O–H groups in total. The minimum atomic E-state index is -0.833. The number of aliphatic carboxylic acids is 1. The van der Waals surface area contributed by atoms with Crippen molar-refractivity contribution in [2.75, 3.05) is 6.54 Å². The van der Waals surface area contributed by atoms with E-state index >= 15 is 0 Å². The van der Waals surface area contributed by atoms with Crippen LogP contribution in [0, 0.1) is 16.7 Å². The van der Waals surface area contributed by atoms with Crippen LogP contribution >= 0.6 is 0 Å². The summed E-state index contributed by atoms with van der Waals surface area (Å²) in [5.74, 6) is -0.633. The van der Waals surface area contributed by atoms with Crippen LogP contribution < -0.4 is 5.32 Å². The second-order valence-electron chi connectivity index (χ2n) is 6.54. The fraction of sp³-hybridized carbons (Fsp3) is 0.867. The molecule has 0 aromatic heterocycles. The van der Waals surface area contributed by atoms with E-state index in [9.17, 15) is 14.7 Å². The Hall–Kier alpha value is -1.06. The van der Waals surface area contributed by atoms with Gasteiger partial charge in [-0.05, 0) is 24.2 Å². The van der Waals surface area contributed by atoms with Crippen LogP contribution in [0.5, 0.6) is 0 Å². The topological polar surface area (TPSA) is 66.4 Å². The molecule has 19 heavy (non-hydrogen) atoms. The summed E-state index contributed by atoms with van der Waals surface area (Å²) < 4.78 is 0. The second kappa shape index (κ2) is 6.92. The highest BCUT2D eigenvalue weighted by atomic mass is 16.4. The second-order valence-corrected chi connectivity index (χ2v) is 6.54. The zero-order chi connectivity index (χ0) is 15.3. The van der Waals surface area contributed by atoms with E-state index in [4.69, 9.17) is 0 Å². The molecule has 4 nitrogen and oxygen atoms in total. The summed E-state index contributed by atoms with van der Waals surface area (Å²) in [6.45, 7) is 12.3. The van der Waals surface area contributed by atoms with Gasteiger partial charge in [0.05, 0.1) is 5.41 Å². The molecule has 0 aromatic carbocycles. The Morgan fingerprint density at radius 2 is 1.63 bits per heavy atom. The molecule has 0 radical (unpaired) electrons. The van der Waals surface area contributed by atoms with Crippen LogP contribution in [0.4, 0.5) is 0 Å². The van der Waals surface area contributed by atoms with Gasteiger partial charge >= 0.3 is 5.97 Å². The third kappa shape index (κ3) is 5.21. The lowest BCUT2D eigenvalue weighted by Crippen LogP contribution is -2.43. The van der Waals surface area contributed by atoms with Crippen molar-refractivity contribution in [2.45, 2.75) is 60.8 Å². The molecule has 0 aromatic rings. The van der Waals surface area contributed by atoms with Gasteiger partial charge in [-0.15, -0.1) is 0 Å². The highest BCUT2D eigenvalue weighted by Crippen LogP contribution is 2.28. The monoisotopic (exact) mass is 271 g/mol. The zero-order valence-corrected chi connectivity index (χ0v) is 13.2. The van der Waals surface area contributed by atoms with Gasteiger partial charge in [0, 0.05) is 13.0 Å². The van der Waals surface area contributed by atoms with Gasteiger partial charge in [0.1, 0.15) is 0 Å². The summed E-state index contributed by atoms with van der Waals surface area (Å²) in [5, 5.41) is 12.1. The van der Waals surface area contributed by atoms with Crippen LogP contribution in [0.1, 0.15) is 60.8 Å². The van der Waals surface area contributed by atoms with Crippen molar-refractivity contribution in [2.24, 2.45) is 16.7 Å². The van der Waals surface area contributed by atoms with Crippen molar-refractivity contribution in [1.82, 2.24) is 5.32 Å². The largest absolute Gasteiger partial charge is 0.481 e. The van der Waals surface area contributed by atoms with Crippen molar-refractivity contribution in [1.29, 1.82) is 0 Å². The summed E-state index contributed by atoms with van der Waals surface area (Å²) in [6.07, 6.45) is 1.48. The van der Waals surface area contributed by atoms with Crippen molar-refractivity contribution in [3.8, 4) is 0 Å². The SMILES string of the molecule is CCC(CC)(CNC(=O)CC(C)C(C)(C)C)C(=O)O. The number of carboxylic acids is 1.